The molecule has 3 rings (SSSR count). The Kier molecular flexibility index (Phi) is 6.09. The predicted octanol–water partition coefficient (Wildman–Crippen LogP) is 5.21. The van der Waals surface area contributed by atoms with Crippen LogP contribution in [0.2, 0.25) is 5.02 Å². The monoisotopic (exact) mass is 405 g/mol. The lowest BCUT2D eigenvalue weighted by molar-refractivity contribution is -0.115. The number of Topliss-reactive ketones (excluding diaryl/α,β-unsaturated/α-hetero) is 1. The molecule has 0 fully saturated rings. The molecule has 28 heavy (non-hydrogen) atoms. The van der Waals surface area contributed by atoms with Gasteiger partial charge in [-0.1, -0.05) is 17.7 Å². The van der Waals surface area contributed by atoms with E-state index in [-0.39, 0.29) is 34.4 Å². The first-order chi connectivity index (χ1) is 13.4. The van der Waals surface area contributed by atoms with Crippen LogP contribution in [-0.4, -0.2) is 11.7 Å². The summed E-state index contributed by atoms with van der Waals surface area (Å²) < 4.78 is 33.4. The van der Waals surface area contributed by atoms with Crippen LogP contribution in [0.5, 0.6) is 5.75 Å². The summed E-state index contributed by atoms with van der Waals surface area (Å²) in [5.41, 5.74) is 1.34. The topological polar surface area (TPSA) is 55.4 Å². The molecule has 1 aliphatic carbocycles. The number of ether oxygens (including phenoxy) is 1. The molecular weight excluding hydrogens is 388 g/mol. The third-order valence-corrected chi connectivity index (χ3v) is 4.89. The minimum atomic E-state index is -0.711. The second-order valence-electron chi connectivity index (χ2n) is 6.46. The first-order valence-electron chi connectivity index (χ1n) is 8.76. The Balaban J connectivity index is 1.70. The lowest BCUT2D eigenvalue weighted by Gasteiger charge is -2.12. The van der Waals surface area contributed by atoms with Gasteiger partial charge >= 0.3 is 0 Å². The van der Waals surface area contributed by atoms with E-state index >= 15 is 0 Å². The number of benzene rings is 2. The Morgan fingerprint density at radius 1 is 1.11 bits per heavy atom. The standard InChI is InChI=1S/C21H18ClF2NO3/c1-12(26)14-4-2-5-15(14)21(27)25-13-8-9-20(19(24)10-13)28-11-16-17(22)6-3-7-18(16)23/h3,6-10H,2,4-5,11H2,1H3,(H,25,27). The van der Waals surface area contributed by atoms with Gasteiger partial charge in [-0.15, -0.1) is 0 Å². The van der Waals surface area contributed by atoms with Crippen LogP contribution in [0.4, 0.5) is 14.5 Å². The van der Waals surface area contributed by atoms with E-state index in [9.17, 15) is 18.4 Å². The van der Waals surface area contributed by atoms with Crippen molar-refractivity contribution in [2.75, 3.05) is 5.32 Å². The second kappa shape index (κ2) is 8.52. The maximum Gasteiger partial charge on any atom is 0.251 e. The quantitative estimate of drug-likeness (QED) is 0.718. The average molecular weight is 406 g/mol. The Morgan fingerprint density at radius 2 is 1.86 bits per heavy atom. The van der Waals surface area contributed by atoms with Crippen molar-refractivity contribution in [3.8, 4) is 5.75 Å². The summed E-state index contributed by atoms with van der Waals surface area (Å²) in [5.74, 6) is -1.87. The predicted molar refractivity (Wildman–Crippen MR) is 102 cm³/mol. The van der Waals surface area contributed by atoms with Crippen molar-refractivity contribution in [2.45, 2.75) is 32.8 Å². The fourth-order valence-electron chi connectivity index (χ4n) is 3.11. The summed E-state index contributed by atoms with van der Waals surface area (Å²) in [7, 11) is 0. The van der Waals surface area contributed by atoms with Crippen LogP contribution in [0.1, 0.15) is 31.7 Å². The highest BCUT2D eigenvalue weighted by molar-refractivity contribution is 6.31. The van der Waals surface area contributed by atoms with E-state index in [4.69, 9.17) is 16.3 Å². The van der Waals surface area contributed by atoms with Crippen LogP contribution in [0, 0.1) is 11.6 Å². The summed E-state index contributed by atoms with van der Waals surface area (Å²) in [6.45, 7) is 1.20. The van der Waals surface area contributed by atoms with E-state index in [1.807, 2.05) is 0 Å². The van der Waals surface area contributed by atoms with Gasteiger partial charge < -0.3 is 10.1 Å². The van der Waals surface area contributed by atoms with Crippen LogP contribution in [0.15, 0.2) is 47.5 Å². The highest BCUT2D eigenvalue weighted by Crippen LogP contribution is 2.29. The molecule has 4 nitrogen and oxygen atoms in total. The smallest absolute Gasteiger partial charge is 0.251 e. The minimum absolute atomic E-state index is 0.0955. The van der Waals surface area contributed by atoms with Gasteiger partial charge in [0.1, 0.15) is 12.4 Å². The minimum Gasteiger partial charge on any atom is -0.486 e. The lowest BCUT2D eigenvalue weighted by Crippen LogP contribution is -2.16. The maximum absolute atomic E-state index is 14.3. The van der Waals surface area contributed by atoms with Crippen molar-refractivity contribution in [1.82, 2.24) is 0 Å². The molecule has 0 aliphatic heterocycles. The van der Waals surface area contributed by atoms with Crippen LogP contribution in [0.25, 0.3) is 0 Å². The number of hydrogen-bond acceptors (Lipinski definition) is 3. The molecule has 0 radical (unpaired) electrons. The molecule has 0 atom stereocenters. The van der Waals surface area contributed by atoms with E-state index in [0.29, 0.717) is 24.0 Å². The van der Waals surface area contributed by atoms with Gasteiger partial charge in [0.15, 0.2) is 17.3 Å². The molecule has 146 valence electrons. The molecule has 0 bridgehead atoms. The van der Waals surface area contributed by atoms with Crippen molar-refractivity contribution >= 4 is 29.0 Å². The van der Waals surface area contributed by atoms with Gasteiger partial charge in [0.25, 0.3) is 5.91 Å². The average Bonchev–Trinajstić information content (AvgIpc) is 3.13. The van der Waals surface area contributed by atoms with Gasteiger partial charge in [-0.3, -0.25) is 9.59 Å². The highest BCUT2D eigenvalue weighted by atomic mass is 35.5. The van der Waals surface area contributed by atoms with Gasteiger partial charge in [-0.25, -0.2) is 8.78 Å². The molecule has 2 aromatic rings. The summed E-state index contributed by atoms with van der Waals surface area (Å²) in [6, 6.07) is 8.16. The third-order valence-electron chi connectivity index (χ3n) is 4.54. The van der Waals surface area contributed by atoms with E-state index in [1.54, 1.807) is 0 Å². The highest BCUT2D eigenvalue weighted by Gasteiger charge is 2.23. The molecule has 2 aromatic carbocycles. The zero-order chi connectivity index (χ0) is 20.3. The molecule has 1 N–H and O–H groups in total. The van der Waals surface area contributed by atoms with Gasteiger partial charge in [-0.05, 0) is 50.5 Å². The molecule has 0 aromatic heterocycles. The molecule has 0 spiro atoms. The molecule has 1 amide bonds. The van der Waals surface area contributed by atoms with E-state index in [2.05, 4.69) is 5.32 Å². The Bertz CT molecular complexity index is 952. The number of allylic oxidation sites excluding steroid dienone is 1. The molecule has 1 aliphatic rings. The Morgan fingerprint density at radius 3 is 2.54 bits per heavy atom. The van der Waals surface area contributed by atoms with E-state index < -0.39 is 17.5 Å². The molecule has 0 saturated heterocycles. The molecule has 0 saturated carbocycles. The second-order valence-corrected chi connectivity index (χ2v) is 6.86. The largest absolute Gasteiger partial charge is 0.486 e. The molecule has 7 heteroatoms. The number of amides is 1. The van der Waals surface area contributed by atoms with Gasteiger partial charge in [0.2, 0.25) is 0 Å². The van der Waals surface area contributed by atoms with Crippen LogP contribution >= 0.6 is 11.6 Å². The Labute approximate surface area is 166 Å². The molecular formula is C21H18ClF2NO3. The van der Waals surface area contributed by atoms with Crippen molar-refractivity contribution < 1.29 is 23.1 Å². The number of rotatable bonds is 6. The summed E-state index contributed by atoms with van der Waals surface area (Å²) in [5, 5.41) is 2.79. The van der Waals surface area contributed by atoms with Gasteiger partial charge in [0.05, 0.1) is 5.02 Å². The summed E-state index contributed by atoms with van der Waals surface area (Å²) in [6.07, 6.45) is 1.85. The Hall–Kier alpha value is -2.73. The number of ketones is 1. The van der Waals surface area contributed by atoms with Gasteiger partial charge in [0, 0.05) is 28.5 Å². The zero-order valence-corrected chi connectivity index (χ0v) is 15.9. The van der Waals surface area contributed by atoms with Crippen molar-refractivity contribution in [1.29, 1.82) is 0 Å². The van der Waals surface area contributed by atoms with Crippen LogP contribution in [0.3, 0.4) is 0 Å². The number of anilines is 1. The van der Waals surface area contributed by atoms with Crippen molar-refractivity contribution in [3.05, 3.63) is 69.8 Å². The van der Waals surface area contributed by atoms with Gasteiger partial charge in [-0.2, -0.15) is 0 Å². The molecule has 0 heterocycles. The van der Waals surface area contributed by atoms with Crippen LogP contribution < -0.4 is 10.1 Å². The number of carbonyl (C=O) groups is 2. The molecule has 0 unspecified atom stereocenters. The number of carbonyl (C=O) groups excluding carboxylic acids is 2. The number of nitrogens with one attached hydrogen (secondary N) is 1. The maximum atomic E-state index is 14.3. The van der Waals surface area contributed by atoms with E-state index in [1.165, 1.54) is 37.3 Å². The van der Waals surface area contributed by atoms with E-state index in [0.717, 1.165) is 12.5 Å². The fourth-order valence-corrected chi connectivity index (χ4v) is 3.32. The van der Waals surface area contributed by atoms with Crippen molar-refractivity contribution in [3.63, 3.8) is 0 Å². The number of hydrogen-bond donors (Lipinski definition) is 1. The third kappa shape index (κ3) is 4.39. The number of halogens is 3. The fraction of sp³-hybridized carbons (Fsp3) is 0.238. The van der Waals surface area contributed by atoms with Crippen LogP contribution in [-0.2, 0) is 16.2 Å². The first-order valence-corrected chi connectivity index (χ1v) is 9.14. The first kappa shape index (κ1) is 20.0. The SMILES string of the molecule is CC(=O)C1=C(C(=O)Nc2ccc(OCc3c(F)cccc3Cl)c(F)c2)CCC1. The zero-order valence-electron chi connectivity index (χ0n) is 15.2. The summed E-state index contributed by atoms with van der Waals surface area (Å²) in [4.78, 5) is 24.0. The lowest BCUT2D eigenvalue weighted by atomic mass is 10.1. The van der Waals surface area contributed by atoms with Crippen molar-refractivity contribution in [2.24, 2.45) is 0 Å². The summed E-state index contributed by atoms with van der Waals surface area (Å²) >= 11 is 5.92. The normalized spacial score (nSPS) is 13.6.